The van der Waals surface area contributed by atoms with E-state index in [1.54, 1.807) is 0 Å². The fraction of sp³-hybridized carbons (Fsp3) is 0.417. The first kappa shape index (κ1) is 10.6. The van der Waals surface area contributed by atoms with Gasteiger partial charge in [-0.3, -0.25) is 4.68 Å². The van der Waals surface area contributed by atoms with Gasteiger partial charge in [0, 0.05) is 17.6 Å². The van der Waals surface area contributed by atoms with E-state index in [2.05, 4.69) is 12.0 Å². The molecule has 1 aliphatic heterocycles. The second kappa shape index (κ2) is 4.01. The third-order valence-corrected chi connectivity index (χ3v) is 2.95. The van der Waals surface area contributed by atoms with Gasteiger partial charge in [-0.1, -0.05) is 0 Å². The van der Waals surface area contributed by atoms with Crippen molar-refractivity contribution in [3.8, 4) is 0 Å². The number of nitrogen functional groups attached to an aromatic ring is 1. The largest absolute Gasteiger partial charge is 0.399 e. The summed E-state index contributed by atoms with van der Waals surface area (Å²) in [5, 5.41) is 5.59. The molecule has 17 heavy (non-hydrogen) atoms. The third-order valence-electron chi connectivity index (χ3n) is 2.95. The van der Waals surface area contributed by atoms with E-state index < -0.39 is 0 Å². The molecule has 1 aliphatic rings. The van der Waals surface area contributed by atoms with Crippen LogP contribution in [0.15, 0.2) is 18.2 Å². The Kier molecular flexibility index (Phi) is 2.49. The predicted molar refractivity (Wildman–Crippen MR) is 64.5 cm³/mol. The number of aryl methyl sites for hydroxylation is 1. The molecule has 90 valence electrons. The fourth-order valence-electron chi connectivity index (χ4n) is 2.15. The van der Waals surface area contributed by atoms with E-state index in [1.807, 2.05) is 22.9 Å². The Labute approximate surface area is 99.1 Å². The Morgan fingerprint density at radius 2 is 2.18 bits per heavy atom. The van der Waals surface area contributed by atoms with Gasteiger partial charge in [-0.15, -0.1) is 0 Å². The molecule has 0 bridgehead atoms. The number of hydrogen-bond acceptors (Lipinski definition) is 4. The summed E-state index contributed by atoms with van der Waals surface area (Å²) in [6, 6.07) is 5.79. The number of ether oxygens (including phenoxy) is 2. The Balaban J connectivity index is 2.17. The summed E-state index contributed by atoms with van der Waals surface area (Å²) >= 11 is 0. The second-order valence-electron chi connectivity index (χ2n) is 4.05. The molecule has 3 rings (SSSR count). The van der Waals surface area contributed by atoms with Crippen LogP contribution in [0, 0.1) is 0 Å². The van der Waals surface area contributed by atoms with Gasteiger partial charge in [0.05, 0.1) is 18.7 Å². The lowest BCUT2D eigenvalue weighted by molar-refractivity contribution is -0.0466. The lowest BCUT2D eigenvalue weighted by Gasteiger charge is -2.05. The zero-order valence-electron chi connectivity index (χ0n) is 9.72. The van der Waals surface area contributed by atoms with Gasteiger partial charge in [0.15, 0.2) is 0 Å². The van der Waals surface area contributed by atoms with Gasteiger partial charge < -0.3 is 15.2 Å². The predicted octanol–water partition coefficient (Wildman–Crippen LogP) is 1.68. The zero-order valence-corrected chi connectivity index (χ0v) is 9.72. The highest BCUT2D eigenvalue weighted by atomic mass is 16.7. The van der Waals surface area contributed by atoms with Crippen molar-refractivity contribution in [2.24, 2.45) is 0 Å². The average molecular weight is 233 g/mol. The molecule has 0 saturated carbocycles. The molecule has 1 aromatic carbocycles. The van der Waals surface area contributed by atoms with Crippen molar-refractivity contribution in [3.05, 3.63) is 23.9 Å². The summed E-state index contributed by atoms with van der Waals surface area (Å²) < 4.78 is 12.9. The minimum atomic E-state index is -0.339. The molecule has 0 spiro atoms. The van der Waals surface area contributed by atoms with E-state index in [1.165, 1.54) is 0 Å². The van der Waals surface area contributed by atoms with Crippen LogP contribution in [0.1, 0.15) is 18.9 Å². The maximum absolute atomic E-state index is 5.81. The maximum Gasteiger partial charge on any atom is 0.203 e. The Morgan fingerprint density at radius 3 is 2.88 bits per heavy atom. The Morgan fingerprint density at radius 1 is 1.41 bits per heavy atom. The van der Waals surface area contributed by atoms with Gasteiger partial charge in [-0.25, -0.2) is 0 Å². The van der Waals surface area contributed by atoms with Gasteiger partial charge in [-0.2, -0.15) is 5.10 Å². The van der Waals surface area contributed by atoms with E-state index in [0.717, 1.165) is 28.8 Å². The summed E-state index contributed by atoms with van der Waals surface area (Å²) in [5.74, 6) is 0. The SMILES string of the molecule is CCn1nc(C2OCCO2)c2ccc(N)cc21. The van der Waals surface area contributed by atoms with Crippen LogP contribution in [0.3, 0.4) is 0 Å². The van der Waals surface area contributed by atoms with E-state index in [9.17, 15) is 0 Å². The van der Waals surface area contributed by atoms with Crippen molar-refractivity contribution in [1.29, 1.82) is 0 Å². The number of aromatic nitrogens is 2. The number of nitrogens with zero attached hydrogens (tertiary/aromatic N) is 2. The van der Waals surface area contributed by atoms with Crippen molar-refractivity contribution in [2.45, 2.75) is 19.8 Å². The minimum absolute atomic E-state index is 0.339. The van der Waals surface area contributed by atoms with Crippen LogP contribution in [-0.2, 0) is 16.0 Å². The molecule has 1 saturated heterocycles. The van der Waals surface area contributed by atoms with Crippen LogP contribution in [0.2, 0.25) is 0 Å². The number of nitrogens with two attached hydrogens (primary N) is 1. The van der Waals surface area contributed by atoms with Crippen LogP contribution >= 0.6 is 0 Å². The van der Waals surface area contributed by atoms with Gasteiger partial charge in [0.1, 0.15) is 5.69 Å². The maximum atomic E-state index is 5.81. The van der Waals surface area contributed by atoms with Gasteiger partial charge in [0.25, 0.3) is 0 Å². The van der Waals surface area contributed by atoms with Crippen LogP contribution in [0.4, 0.5) is 5.69 Å². The Hall–Kier alpha value is -1.59. The molecule has 2 N–H and O–H groups in total. The highest BCUT2D eigenvalue weighted by Gasteiger charge is 2.24. The van der Waals surface area contributed by atoms with Crippen molar-refractivity contribution >= 4 is 16.6 Å². The zero-order chi connectivity index (χ0) is 11.8. The van der Waals surface area contributed by atoms with E-state index >= 15 is 0 Å². The monoisotopic (exact) mass is 233 g/mol. The normalized spacial score (nSPS) is 17.0. The number of benzene rings is 1. The van der Waals surface area contributed by atoms with Crippen LogP contribution in [0.25, 0.3) is 10.9 Å². The highest BCUT2D eigenvalue weighted by molar-refractivity contribution is 5.85. The summed E-state index contributed by atoms with van der Waals surface area (Å²) in [7, 11) is 0. The number of hydrogen-bond donors (Lipinski definition) is 1. The van der Waals surface area contributed by atoms with Crippen molar-refractivity contribution in [1.82, 2.24) is 9.78 Å². The van der Waals surface area contributed by atoms with E-state index in [0.29, 0.717) is 13.2 Å². The summed E-state index contributed by atoms with van der Waals surface area (Å²) in [6.07, 6.45) is -0.339. The number of anilines is 1. The first-order valence-electron chi connectivity index (χ1n) is 5.78. The van der Waals surface area contributed by atoms with Crippen molar-refractivity contribution < 1.29 is 9.47 Å². The fourth-order valence-corrected chi connectivity index (χ4v) is 2.15. The molecule has 0 amide bonds. The molecular formula is C12H15N3O2. The average Bonchev–Trinajstić information content (AvgIpc) is 2.94. The standard InChI is InChI=1S/C12H15N3O2/c1-2-15-10-7-8(13)3-4-9(10)11(14-15)12-16-5-6-17-12/h3-4,7,12H,2,5-6,13H2,1H3. The summed E-state index contributed by atoms with van der Waals surface area (Å²) in [6.45, 7) is 4.10. The number of fused-ring (bicyclic) bond motifs is 1. The summed E-state index contributed by atoms with van der Waals surface area (Å²) in [5.41, 5.74) is 8.42. The summed E-state index contributed by atoms with van der Waals surface area (Å²) in [4.78, 5) is 0. The topological polar surface area (TPSA) is 62.3 Å². The Bertz CT molecular complexity index is 544. The third kappa shape index (κ3) is 1.67. The van der Waals surface area contributed by atoms with Crippen molar-refractivity contribution in [3.63, 3.8) is 0 Å². The lowest BCUT2D eigenvalue weighted by Crippen LogP contribution is -2.02. The second-order valence-corrected chi connectivity index (χ2v) is 4.05. The van der Waals surface area contributed by atoms with Gasteiger partial charge >= 0.3 is 0 Å². The number of rotatable bonds is 2. The molecule has 2 heterocycles. The smallest absolute Gasteiger partial charge is 0.203 e. The molecule has 5 heteroatoms. The molecule has 0 aliphatic carbocycles. The molecule has 1 fully saturated rings. The van der Waals surface area contributed by atoms with Gasteiger partial charge in [0.2, 0.25) is 6.29 Å². The molecule has 5 nitrogen and oxygen atoms in total. The lowest BCUT2D eigenvalue weighted by atomic mass is 10.2. The first-order valence-corrected chi connectivity index (χ1v) is 5.78. The first-order chi connectivity index (χ1) is 8.29. The highest BCUT2D eigenvalue weighted by Crippen LogP contribution is 2.30. The molecule has 2 aromatic rings. The molecule has 0 unspecified atom stereocenters. The van der Waals surface area contributed by atoms with E-state index in [4.69, 9.17) is 15.2 Å². The van der Waals surface area contributed by atoms with Crippen LogP contribution in [0.5, 0.6) is 0 Å². The molecular weight excluding hydrogens is 218 g/mol. The molecule has 0 radical (unpaired) electrons. The van der Waals surface area contributed by atoms with E-state index in [-0.39, 0.29) is 6.29 Å². The van der Waals surface area contributed by atoms with Crippen molar-refractivity contribution in [2.75, 3.05) is 18.9 Å². The van der Waals surface area contributed by atoms with Gasteiger partial charge in [-0.05, 0) is 25.1 Å². The quantitative estimate of drug-likeness (QED) is 0.802. The molecule has 0 atom stereocenters. The minimum Gasteiger partial charge on any atom is -0.399 e. The van der Waals surface area contributed by atoms with Crippen LogP contribution < -0.4 is 5.73 Å². The van der Waals surface area contributed by atoms with Crippen LogP contribution in [-0.4, -0.2) is 23.0 Å². The molecule has 1 aromatic heterocycles.